The zero-order valence-corrected chi connectivity index (χ0v) is 20.9. The van der Waals surface area contributed by atoms with Crippen LogP contribution in [0.15, 0.2) is 42.5 Å². The molecule has 1 amide bonds. The highest BCUT2D eigenvalue weighted by Crippen LogP contribution is 2.49. The smallest absolute Gasteiger partial charge is 0.308 e. The molecule has 4 unspecified atom stereocenters. The lowest BCUT2D eigenvalue weighted by atomic mass is 9.57. The summed E-state index contributed by atoms with van der Waals surface area (Å²) in [7, 11) is 2.07. The van der Waals surface area contributed by atoms with Gasteiger partial charge in [-0.15, -0.1) is 0 Å². The Morgan fingerprint density at radius 2 is 2.00 bits per heavy atom. The lowest BCUT2D eigenvalue weighted by Crippen LogP contribution is -2.60. The first-order valence-electron chi connectivity index (χ1n) is 11.5. The molecule has 0 bridgehead atoms. The third-order valence-electron chi connectivity index (χ3n) is 7.14. The highest BCUT2D eigenvalue weighted by Gasteiger charge is 2.51. The number of benzene rings is 2. The van der Waals surface area contributed by atoms with Gasteiger partial charge in [-0.1, -0.05) is 41.4 Å². The Labute approximate surface area is 210 Å². The number of piperidine rings is 1. The van der Waals surface area contributed by atoms with Gasteiger partial charge in [0.1, 0.15) is 5.75 Å². The van der Waals surface area contributed by atoms with Crippen molar-refractivity contribution in [1.82, 2.24) is 10.2 Å². The van der Waals surface area contributed by atoms with Crippen molar-refractivity contribution in [2.45, 2.75) is 50.2 Å². The normalized spacial score (nSPS) is 27.0. The molecule has 1 aliphatic carbocycles. The molecule has 4 rings (SSSR count). The van der Waals surface area contributed by atoms with Crippen molar-refractivity contribution in [3.63, 3.8) is 0 Å². The molecule has 1 aliphatic heterocycles. The number of ether oxygens (including phenoxy) is 1. The molecule has 0 aromatic heterocycles. The van der Waals surface area contributed by atoms with Gasteiger partial charge in [-0.05, 0) is 68.2 Å². The van der Waals surface area contributed by atoms with E-state index in [-0.39, 0.29) is 35.7 Å². The quantitative estimate of drug-likeness (QED) is 0.475. The van der Waals surface area contributed by atoms with Gasteiger partial charge in [0.2, 0.25) is 5.91 Å². The number of nitrogens with one attached hydrogen (secondary N) is 1. The molecule has 2 N–H and O–H groups in total. The van der Waals surface area contributed by atoms with Crippen molar-refractivity contribution in [2.75, 3.05) is 20.1 Å². The van der Waals surface area contributed by atoms with Gasteiger partial charge in [-0.3, -0.25) is 9.59 Å². The van der Waals surface area contributed by atoms with Crippen LogP contribution in [0, 0.1) is 5.92 Å². The summed E-state index contributed by atoms with van der Waals surface area (Å²) in [5, 5.41) is 15.2. The van der Waals surface area contributed by atoms with Gasteiger partial charge in [-0.2, -0.15) is 0 Å². The van der Waals surface area contributed by atoms with Crippen molar-refractivity contribution >= 4 is 35.1 Å². The van der Waals surface area contributed by atoms with Crippen LogP contribution in [-0.2, 0) is 21.4 Å². The molecule has 0 radical (unpaired) electrons. The monoisotopic (exact) mass is 504 g/mol. The Balaban J connectivity index is 1.57. The average molecular weight is 505 g/mol. The molecule has 4 atom stereocenters. The van der Waals surface area contributed by atoms with Gasteiger partial charge in [-0.25, -0.2) is 0 Å². The molecule has 6 nitrogen and oxygen atoms in total. The van der Waals surface area contributed by atoms with Crippen LogP contribution in [0.2, 0.25) is 10.0 Å². The first-order valence-corrected chi connectivity index (χ1v) is 12.3. The Morgan fingerprint density at radius 1 is 1.21 bits per heavy atom. The highest BCUT2D eigenvalue weighted by atomic mass is 35.5. The number of aliphatic hydroxyl groups excluding tert-OH is 1. The maximum Gasteiger partial charge on any atom is 0.308 e. The van der Waals surface area contributed by atoms with Crippen molar-refractivity contribution in [1.29, 1.82) is 0 Å². The van der Waals surface area contributed by atoms with Crippen LogP contribution in [0.25, 0.3) is 0 Å². The Hall–Kier alpha value is -2.12. The molecule has 8 heteroatoms. The van der Waals surface area contributed by atoms with Crippen molar-refractivity contribution in [3.8, 4) is 5.75 Å². The van der Waals surface area contributed by atoms with Crippen LogP contribution >= 0.6 is 23.2 Å². The topological polar surface area (TPSA) is 78.9 Å². The van der Waals surface area contributed by atoms with E-state index in [1.165, 1.54) is 6.92 Å². The lowest BCUT2D eigenvalue weighted by molar-refractivity contribution is -0.132. The molecular weight excluding hydrogens is 475 g/mol. The fourth-order valence-electron chi connectivity index (χ4n) is 5.63. The minimum absolute atomic E-state index is 0.0158. The number of amides is 1. The standard InChI is InChI=1S/C26H30Cl2N2O4/c1-16(31)34-20-5-3-4-18(12-20)26-8-9-30(2)15-21(26)24(32)13-19(14-26)29-25(33)11-17-6-7-22(27)23(28)10-17/h3-7,10,12,19,21,24,32H,8-9,11,13-15H2,1-2H3,(H,29,33). The van der Waals surface area contributed by atoms with E-state index in [4.69, 9.17) is 27.9 Å². The van der Waals surface area contributed by atoms with E-state index in [9.17, 15) is 14.7 Å². The molecule has 2 aromatic rings. The highest BCUT2D eigenvalue weighted by molar-refractivity contribution is 6.42. The second kappa shape index (κ2) is 10.2. The summed E-state index contributed by atoms with van der Waals surface area (Å²) in [5.74, 6) is 0.0239. The van der Waals surface area contributed by atoms with Crippen LogP contribution in [0.3, 0.4) is 0 Å². The molecule has 2 aliphatic rings. The van der Waals surface area contributed by atoms with E-state index in [2.05, 4.69) is 17.3 Å². The van der Waals surface area contributed by atoms with Gasteiger partial charge in [0, 0.05) is 30.8 Å². The molecule has 182 valence electrons. The molecule has 2 aromatic carbocycles. The summed E-state index contributed by atoms with van der Waals surface area (Å²) in [6.45, 7) is 3.03. The molecular formula is C26H30Cl2N2O4. The first kappa shape index (κ1) is 25.0. The van der Waals surface area contributed by atoms with Crippen molar-refractivity contribution < 1.29 is 19.4 Å². The number of likely N-dealkylation sites (tertiary alicyclic amines) is 1. The van der Waals surface area contributed by atoms with Crippen LogP contribution in [-0.4, -0.2) is 54.2 Å². The van der Waals surface area contributed by atoms with Crippen molar-refractivity contribution in [2.24, 2.45) is 5.92 Å². The Kier molecular flexibility index (Phi) is 7.53. The summed E-state index contributed by atoms with van der Waals surface area (Å²) >= 11 is 12.1. The van der Waals surface area contributed by atoms with Crippen LogP contribution < -0.4 is 10.1 Å². The zero-order valence-electron chi connectivity index (χ0n) is 19.4. The number of hydrogen-bond donors (Lipinski definition) is 2. The molecule has 1 saturated heterocycles. The lowest BCUT2D eigenvalue weighted by Gasteiger charge is -2.54. The van der Waals surface area contributed by atoms with Crippen LogP contribution in [0.5, 0.6) is 5.75 Å². The number of nitrogens with zero attached hydrogens (tertiary/aromatic N) is 1. The fourth-order valence-corrected chi connectivity index (χ4v) is 5.96. The Bertz CT molecular complexity index is 1080. The molecule has 2 fully saturated rings. The predicted octanol–water partition coefficient (Wildman–Crippen LogP) is 3.99. The third kappa shape index (κ3) is 5.41. The van der Waals surface area contributed by atoms with E-state index in [0.29, 0.717) is 28.6 Å². The molecule has 34 heavy (non-hydrogen) atoms. The number of halogens is 2. The maximum absolute atomic E-state index is 12.9. The molecule has 1 saturated carbocycles. The van der Waals surface area contributed by atoms with E-state index < -0.39 is 6.10 Å². The second-order valence-corrected chi connectivity index (χ2v) is 10.4. The summed E-state index contributed by atoms with van der Waals surface area (Å²) in [6.07, 6.45) is 1.67. The number of carbonyl (C=O) groups excluding carboxylic acids is 2. The molecule has 0 spiro atoms. The Morgan fingerprint density at radius 3 is 2.74 bits per heavy atom. The summed E-state index contributed by atoms with van der Waals surface area (Å²) < 4.78 is 5.34. The minimum atomic E-state index is -0.566. The van der Waals surface area contributed by atoms with Gasteiger partial charge < -0.3 is 20.1 Å². The van der Waals surface area contributed by atoms with E-state index in [1.807, 2.05) is 18.2 Å². The maximum atomic E-state index is 12.9. The van der Waals surface area contributed by atoms with Crippen LogP contribution in [0.1, 0.15) is 37.3 Å². The number of hydrogen-bond acceptors (Lipinski definition) is 5. The number of fused-ring (bicyclic) bond motifs is 1. The van der Waals surface area contributed by atoms with E-state index in [0.717, 1.165) is 30.6 Å². The zero-order chi connectivity index (χ0) is 24.5. The van der Waals surface area contributed by atoms with Gasteiger partial charge in [0.15, 0.2) is 0 Å². The van der Waals surface area contributed by atoms with Gasteiger partial charge in [0.25, 0.3) is 0 Å². The number of aliphatic hydroxyl groups is 1. The number of carbonyl (C=O) groups is 2. The van der Waals surface area contributed by atoms with E-state index >= 15 is 0 Å². The fraction of sp³-hybridized carbons (Fsp3) is 0.462. The first-order chi connectivity index (χ1) is 16.2. The van der Waals surface area contributed by atoms with Crippen molar-refractivity contribution in [3.05, 3.63) is 63.6 Å². The van der Waals surface area contributed by atoms with E-state index in [1.54, 1.807) is 24.3 Å². The summed E-state index contributed by atoms with van der Waals surface area (Å²) in [6, 6.07) is 12.6. The SMILES string of the molecule is CC(=O)Oc1cccc(C23CCN(C)CC2C(O)CC(NC(=O)Cc2ccc(Cl)c(Cl)c2)C3)c1. The van der Waals surface area contributed by atoms with Gasteiger partial charge >= 0.3 is 5.97 Å². The largest absolute Gasteiger partial charge is 0.427 e. The molecule has 1 heterocycles. The van der Waals surface area contributed by atoms with Crippen LogP contribution in [0.4, 0.5) is 0 Å². The predicted molar refractivity (Wildman–Crippen MR) is 132 cm³/mol. The van der Waals surface area contributed by atoms with Gasteiger partial charge in [0.05, 0.1) is 22.6 Å². The second-order valence-electron chi connectivity index (χ2n) is 9.59. The summed E-state index contributed by atoms with van der Waals surface area (Å²) in [4.78, 5) is 26.6. The number of rotatable bonds is 5. The minimum Gasteiger partial charge on any atom is -0.427 e. The third-order valence-corrected chi connectivity index (χ3v) is 7.88. The summed E-state index contributed by atoms with van der Waals surface area (Å²) in [5.41, 5.74) is 1.48. The number of esters is 1. The average Bonchev–Trinajstić information content (AvgIpc) is 2.77.